The first-order chi connectivity index (χ1) is 18.3. The first kappa shape index (κ1) is 25.7. The van der Waals surface area contributed by atoms with Gasteiger partial charge in [-0.3, -0.25) is 9.78 Å². The number of amides is 1. The number of rotatable bonds is 7. The van der Waals surface area contributed by atoms with E-state index in [1.807, 2.05) is 54.7 Å². The van der Waals surface area contributed by atoms with Crippen LogP contribution < -0.4 is 10.6 Å². The smallest absolute Gasteiger partial charge is 0.226 e. The van der Waals surface area contributed by atoms with Gasteiger partial charge in [0, 0.05) is 41.9 Å². The van der Waals surface area contributed by atoms with E-state index in [1.54, 1.807) is 0 Å². The van der Waals surface area contributed by atoms with E-state index in [9.17, 15) is 4.79 Å². The van der Waals surface area contributed by atoms with Gasteiger partial charge >= 0.3 is 0 Å². The number of anilines is 1. The topological polar surface area (TPSA) is 62.2 Å². The van der Waals surface area contributed by atoms with Crippen LogP contribution in [0.1, 0.15) is 52.3 Å². The fraction of sp³-hybridized carbons (Fsp3) is 0.258. The van der Waals surface area contributed by atoms with Crippen LogP contribution in [-0.4, -0.2) is 32.0 Å². The normalized spacial score (nSPS) is 16.9. The molecule has 0 spiro atoms. The van der Waals surface area contributed by atoms with Gasteiger partial charge in [-0.25, -0.2) is 0 Å². The molecule has 7 heteroatoms. The largest absolute Gasteiger partial charge is 0.352 e. The van der Waals surface area contributed by atoms with E-state index >= 15 is 0 Å². The average Bonchev–Trinajstić information content (AvgIpc) is 3.37. The van der Waals surface area contributed by atoms with Gasteiger partial charge in [-0.2, -0.15) is 0 Å². The number of nitrogens with zero attached hydrogens (tertiary/aromatic N) is 3. The number of pyridine rings is 1. The molecule has 3 heterocycles. The van der Waals surface area contributed by atoms with Gasteiger partial charge in [0.15, 0.2) is 5.11 Å². The van der Waals surface area contributed by atoms with Gasteiger partial charge in [-0.15, -0.1) is 0 Å². The van der Waals surface area contributed by atoms with Crippen LogP contribution in [-0.2, 0) is 4.79 Å². The second-order valence-electron chi connectivity index (χ2n) is 9.99. The van der Waals surface area contributed by atoms with Crippen LogP contribution in [0.3, 0.4) is 0 Å². The van der Waals surface area contributed by atoms with Crippen LogP contribution in [0.15, 0.2) is 79.0 Å². The SMILES string of the molecule is Cc1cc(C)cc(-n2c(C)cc(C3C(c4ccccn4)NC(=S)N3CCC(=O)Nc3ccccc3)c2C)c1. The predicted molar refractivity (Wildman–Crippen MR) is 157 cm³/mol. The highest BCUT2D eigenvalue weighted by Gasteiger charge is 2.41. The molecule has 2 aromatic carbocycles. The molecule has 4 aromatic rings. The maximum Gasteiger partial charge on any atom is 0.226 e. The number of aromatic nitrogens is 2. The van der Waals surface area contributed by atoms with Gasteiger partial charge in [-0.05, 0) is 99.1 Å². The van der Waals surface area contributed by atoms with Crippen molar-refractivity contribution in [3.8, 4) is 5.69 Å². The third-order valence-electron chi connectivity index (χ3n) is 7.09. The van der Waals surface area contributed by atoms with Crippen LogP contribution in [0, 0.1) is 27.7 Å². The molecule has 1 aliphatic heterocycles. The monoisotopic (exact) mass is 523 g/mol. The lowest BCUT2D eigenvalue weighted by Gasteiger charge is -2.28. The minimum absolute atomic E-state index is 0.0419. The second kappa shape index (κ2) is 10.8. The zero-order valence-electron chi connectivity index (χ0n) is 22.2. The fourth-order valence-corrected chi connectivity index (χ4v) is 5.85. The summed E-state index contributed by atoms with van der Waals surface area (Å²) in [5.74, 6) is -0.0419. The third kappa shape index (κ3) is 5.20. The number of hydrogen-bond donors (Lipinski definition) is 2. The molecule has 2 N–H and O–H groups in total. The first-order valence-electron chi connectivity index (χ1n) is 12.9. The Hall–Kier alpha value is -3.97. The summed E-state index contributed by atoms with van der Waals surface area (Å²) in [6.07, 6.45) is 2.13. The van der Waals surface area contributed by atoms with Crippen molar-refractivity contribution in [1.82, 2.24) is 19.8 Å². The molecule has 194 valence electrons. The molecule has 2 unspecified atom stereocenters. The lowest BCUT2D eigenvalue weighted by Crippen LogP contribution is -2.32. The van der Waals surface area contributed by atoms with E-state index < -0.39 is 0 Å². The number of hydrogen-bond acceptors (Lipinski definition) is 3. The Kier molecular flexibility index (Phi) is 7.29. The van der Waals surface area contributed by atoms with Gasteiger partial charge in [-0.1, -0.05) is 30.3 Å². The van der Waals surface area contributed by atoms with E-state index in [0.717, 1.165) is 28.5 Å². The molecular weight excluding hydrogens is 490 g/mol. The zero-order valence-corrected chi connectivity index (χ0v) is 23.0. The number of thiocarbonyl (C=S) groups is 1. The quantitative estimate of drug-likeness (QED) is 0.286. The molecule has 6 nitrogen and oxygen atoms in total. The minimum atomic E-state index is -0.130. The Bertz CT molecular complexity index is 1440. The Morgan fingerprint density at radius 2 is 1.68 bits per heavy atom. The highest BCUT2D eigenvalue weighted by molar-refractivity contribution is 7.80. The summed E-state index contributed by atoms with van der Waals surface area (Å²) in [6.45, 7) is 9.06. The highest BCUT2D eigenvalue weighted by Crippen LogP contribution is 2.41. The minimum Gasteiger partial charge on any atom is -0.352 e. The van der Waals surface area contributed by atoms with E-state index in [1.165, 1.54) is 16.7 Å². The van der Waals surface area contributed by atoms with Crippen LogP contribution in [0.4, 0.5) is 5.69 Å². The average molecular weight is 524 g/mol. The summed E-state index contributed by atoms with van der Waals surface area (Å²) in [4.78, 5) is 19.6. The van der Waals surface area contributed by atoms with E-state index in [4.69, 9.17) is 12.2 Å². The molecule has 38 heavy (non-hydrogen) atoms. The summed E-state index contributed by atoms with van der Waals surface area (Å²) < 4.78 is 2.31. The molecule has 1 amide bonds. The zero-order chi connectivity index (χ0) is 26.8. The Morgan fingerprint density at radius 3 is 2.37 bits per heavy atom. The van der Waals surface area contributed by atoms with Crippen molar-refractivity contribution >= 4 is 28.9 Å². The predicted octanol–water partition coefficient (Wildman–Crippen LogP) is 6.11. The number of nitrogens with one attached hydrogen (secondary N) is 2. The van der Waals surface area contributed by atoms with Crippen molar-refractivity contribution in [2.75, 3.05) is 11.9 Å². The number of carbonyl (C=O) groups excluding carboxylic acids is 1. The molecule has 0 aliphatic carbocycles. The summed E-state index contributed by atoms with van der Waals surface area (Å²) in [7, 11) is 0. The number of para-hydroxylation sites is 1. The maximum atomic E-state index is 12.8. The lowest BCUT2D eigenvalue weighted by atomic mass is 9.96. The van der Waals surface area contributed by atoms with Crippen LogP contribution in [0.25, 0.3) is 5.69 Å². The molecule has 0 radical (unpaired) electrons. The molecule has 1 saturated heterocycles. The molecule has 2 atom stereocenters. The Morgan fingerprint density at radius 1 is 0.974 bits per heavy atom. The van der Waals surface area contributed by atoms with Crippen molar-refractivity contribution in [3.63, 3.8) is 0 Å². The van der Waals surface area contributed by atoms with Crippen molar-refractivity contribution in [1.29, 1.82) is 0 Å². The Labute approximate surface area is 229 Å². The van der Waals surface area contributed by atoms with E-state index in [2.05, 4.69) is 77.0 Å². The van der Waals surface area contributed by atoms with E-state index in [-0.39, 0.29) is 18.0 Å². The van der Waals surface area contributed by atoms with Gasteiger partial charge in [0.1, 0.15) is 0 Å². The van der Waals surface area contributed by atoms with Crippen molar-refractivity contribution in [2.24, 2.45) is 0 Å². The van der Waals surface area contributed by atoms with E-state index in [0.29, 0.717) is 18.1 Å². The molecular formula is C31H33N5OS. The number of benzene rings is 2. The summed E-state index contributed by atoms with van der Waals surface area (Å²) in [6, 6.07) is 24.1. The lowest BCUT2D eigenvalue weighted by molar-refractivity contribution is -0.116. The van der Waals surface area contributed by atoms with Crippen LogP contribution in [0.5, 0.6) is 0 Å². The summed E-state index contributed by atoms with van der Waals surface area (Å²) in [5, 5.41) is 7.13. The molecule has 2 aromatic heterocycles. The number of carbonyl (C=O) groups is 1. The van der Waals surface area contributed by atoms with Crippen LogP contribution in [0.2, 0.25) is 0 Å². The first-order valence-corrected chi connectivity index (χ1v) is 13.3. The van der Waals surface area contributed by atoms with Gasteiger partial charge in [0.2, 0.25) is 5.91 Å². The summed E-state index contributed by atoms with van der Waals surface area (Å²) in [5.41, 5.74) is 8.82. The van der Waals surface area contributed by atoms with Gasteiger partial charge in [0.05, 0.1) is 17.8 Å². The highest BCUT2D eigenvalue weighted by atomic mass is 32.1. The standard InChI is InChI=1S/C31H33N5OS/c1-20-16-21(2)18-25(17-20)36-22(3)19-26(23(36)4)30-29(27-12-8-9-14-32-27)34-31(38)35(30)15-13-28(37)33-24-10-6-5-7-11-24/h5-12,14,16-19,29-30H,13,15H2,1-4H3,(H,33,37)(H,34,38). The van der Waals surface area contributed by atoms with Crippen molar-refractivity contribution < 1.29 is 4.79 Å². The van der Waals surface area contributed by atoms with Gasteiger partial charge in [0.25, 0.3) is 0 Å². The molecule has 0 bridgehead atoms. The molecule has 1 aliphatic rings. The number of aryl methyl sites for hydroxylation is 3. The molecule has 0 saturated carbocycles. The fourth-order valence-electron chi connectivity index (χ4n) is 5.52. The Balaban J connectivity index is 1.49. The molecule has 1 fully saturated rings. The summed E-state index contributed by atoms with van der Waals surface area (Å²) >= 11 is 5.84. The van der Waals surface area contributed by atoms with Crippen LogP contribution >= 0.6 is 12.2 Å². The third-order valence-corrected chi connectivity index (χ3v) is 7.44. The van der Waals surface area contributed by atoms with Gasteiger partial charge < -0.3 is 20.1 Å². The maximum absolute atomic E-state index is 12.8. The second-order valence-corrected chi connectivity index (χ2v) is 10.4. The van der Waals surface area contributed by atoms with Crippen molar-refractivity contribution in [2.45, 2.75) is 46.2 Å². The molecule has 5 rings (SSSR count). The van der Waals surface area contributed by atoms with Crippen molar-refractivity contribution in [3.05, 3.63) is 113 Å².